The van der Waals surface area contributed by atoms with Gasteiger partial charge in [0.15, 0.2) is 0 Å². The Balaban J connectivity index is 1.31. The first-order chi connectivity index (χ1) is 24.2. The first-order valence-electron chi connectivity index (χ1n) is 17.3. The van der Waals surface area contributed by atoms with E-state index in [1.807, 2.05) is 80.6 Å². The Morgan fingerprint density at radius 3 is 2.58 bits per heavy atom. The molecule has 50 heavy (non-hydrogen) atoms. The third kappa shape index (κ3) is 5.98. The Hall–Kier alpha value is -4.88. The van der Waals surface area contributed by atoms with Gasteiger partial charge in [0.1, 0.15) is 35.9 Å². The number of cyclic esters (lactones) is 1. The Morgan fingerprint density at radius 2 is 1.80 bits per heavy atom. The summed E-state index contributed by atoms with van der Waals surface area (Å²) >= 11 is 0. The molecule has 0 radical (unpaired) electrons. The van der Waals surface area contributed by atoms with Gasteiger partial charge in [-0.15, -0.1) is 5.10 Å². The van der Waals surface area contributed by atoms with Crippen molar-refractivity contribution in [3.8, 4) is 0 Å². The molecule has 13 heteroatoms. The van der Waals surface area contributed by atoms with Crippen molar-refractivity contribution in [2.75, 3.05) is 19.7 Å². The number of aliphatic hydroxyl groups is 1. The molecule has 0 aliphatic carbocycles. The minimum Gasteiger partial charge on any atom is -0.455 e. The Labute approximate surface area is 289 Å². The van der Waals surface area contributed by atoms with Crippen molar-refractivity contribution in [2.45, 2.75) is 69.7 Å². The predicted octanol–water partition coefficient (Wildman–Crippen LogP) is 2.53. The normalized spacial score (nSPS) is 29.8. The maximum absolute atomic E-state index is 15.1. The monoisotopic (exact) mass is 682 g/mol. The van der Waals surface area contributed by atoms with Crippen LogP contribution in [0.5, 0.6) is 0 Å². The number of hydrogen-bond donors (Lipinski definition) is 2. The second-order valence-corrected chi connectivity index (χ2v) is 13.8. The lowest BCUT2D eigenvalue weighted by atomic mass is 9.74. The van der Waals surface area contributed by atoms with E-state index >= 15 is 4.79 Å². The molecule has 7 atom stereocenters. The largest absolute Gasteiger partial charge is 0.455 e. The molecule has 1 spiro atoms. The highest BCUT2D eigenvalue weighted by molar-refractivity contribution is 5.99. The summed E-state index contributed by atoms with van der Waals surface area (Å²) in [6, 6.07) is 14.7. The number of aromatic nitrogens is 3. The second-order valence-electron chi connectivity index (χ2n) is 13.8. The summed E-state index contributed by atoms with van der Waals surface area (Å²) in [6.45, 7) is 3.79. The van der Waals surface area contributed by atoms with Crippen LogP contribution >= 0.6 is 0 Å². The molecular weight excluding hydrogens is 640 g/mol. The number of para-hydroxylation sites is 1. The maximum atomic E-state index is 15.1. The molecule has 2 N–H and O–H groups in total. The van der Waals surface area contributed by atoms with Gasteiger partial charge in [0.25, 0.3) is 5.91 Å². The van der Waals surface area contributed by atoms with Gasteiger partial charge in [-0.3, -0.25) is 19.2 Å². The molecule has 3 aromatic rings. The van der Waals surface area contributed by atoms with Crippen LogP contribution in [-0.4, -0.2) is 97.1 Å². The Bertz CT molecular complexity index is 1820. The van der Waals surface area contributed by atoms with Crippen LogP contribution in [0.25, 0.3) is 11.0 Å². The number of benzene rings is 2. The van der Waals surface area contributed by atoms with Crippen LogP contribution in [0.15, 0.2) is 78.9 Å². The molecule has 0 unspecified atom stereocenters. The van der Waals surface area contributed by atoms with E-state index in [-0.39, 0.29) is 44.6 Å². The summed E-state index contributed by atoms with van der Waals surface area (Å²) in [5, 5.41) is 22.2. The van der Waals surface area contributed by atoms with E-state index in [2.05, 4.69) is 15.6 Å². The minimum absolute atomic E-state index is 0.00872. The fourth-order valence-electron chi connectivity index (χ4n) is 7.89. The van der Waals surface area contributed by atoms with Gasteiger partial charge < -0.3 is 29.7 Å². The number of nitrogens with zero attached hydrogens (tertiary/aromatic N) is 5. The lowest BCUT2D eigenvalue weighted by Gasteiger charge is -2.39. The highest BCUT2D eigenvalue weighted by atomic mass is 16.6. The number of nitrogens with one attached hydrogen (secondary N) is 1. The fraction of sp³-hybridized carbons (Fsp3) is 0.459. The molecule has 13 nitrogen and oxygen atoms in total. The average molecular weight is 683 g/mol. The number of esters is 1. The molecular formula is C37H42N6O7. The molecule has 5 bridgehead atoms. The number of ether oxygens (including phenoxy) is 2. The summed E-state index contributed by atoms with van der Waals surface area (Å²) in [4.78, 5) is 59.9. The molecule has 3 amide bonds. The molecule has 4 aliphatic heterocycles. The molecule has 262 valence electrons. The van der Waals surface area contributed by atoms with Gasteiger partial charge in [-0.2, -0.15) is 0 Å². The maximum Gasteiger partial charge on any atom is 0.313 e. The van der Waals surface area contributed by atoms with Gasteiger partial charge in [-0.05, 0) is 36.5 Å². The van der Waals surface area contributed by atoms with Crippen LogP contribution in [0.3, 0.4) is 0 Å². The first kappa shape index (κ1) is 33.6. The van der Waals surface area contributed by atoms with Gasteiger partial charge in [0.05, 0.1) is 36.7 Å². The number of rotatable bonds is 7. The van der Waals surface area contributed by atoms with Crippen LogP contribution in [0, 0.1) is 17.8 Å². The highest BCUT2D eigenvalue weighted by Crippen LogP contribution is 2.56. The van der Waals surface area contributed by atoms with Crippen molar-refractivity contribution in [1.29, 1.82) is 0 Å². The number of aliphatic hydroxyl groups excluding tert-OH is 1. The van der Waals surface area contributed by atoms with Crippen molar-refractivity contribution in [2.24, 2.45) is 17.8 Å². The fourth-order valence-corrected chi connectivity index (χ4v) is 7.89. The number of allylic oxidation sites excluding steroid dienone is 1. The van der Waals surface area contributed by atoms with Crippen LogP contribution in [0.2, 0.25) is 0 Å². The molecule has 2 aromatic carbocycles. The van der Waals surface area contributed by atoms with Crippen molar-refractivity contribution in [3.63, 3.8) is 0 Å². The van der Waals surface area contributed by atoms with Crippen molar-refractivity contribution in [3.05, 3.63) is 84.5 Å². The summed E-state index contributed by atoms with van der Waals surface area (Å²) < 4.78 is 14.3. The number of likely N-dealkylation sites (tertiary alicyclic amines) is 1. The molecule has 1 aromatic heterocycles. The third-order valence-corrected chi connectivity index (χ3v) is 10.1. The number of carbonyl (C=O) groups is 4. The minimum atomic E-state index is -1.47. The molecule has 0 saturated carbocycles. The van der Waals surface area contributed by atoms with Crippen molar-refractivity contribution in [1.82, 2.24) is 30.1 Å². The topological polar surface area (TPSA) is 156 Å². The number of hydrogen-bond acceptors (Lipinski definition) is 9. The highest BCUT2D eigenvalue weighted by Gasteiger charge is 2.74. The summed E-state index contributed by atoms with van der Waals surface area (Å²) in [7, 11) is 0. The van der Waals surface area contributed by atoms with Crippen LogP contribution in [-0.2, 0) is 35.3 Å². The van der Waals surface area contributed by atoms with E-state index in [1.54, 1.807) is 21.7 Å². The predicted molar refractivity (Wildman–Crippen MR) is 181 cm³/mol. The lowest BCUT2D eigenvalue weighted by molar-refractivity contribution is -0.160. The smallest absolute Gasteiger partial charge is 0.313 e. The number of amides is 3. The summed E-state index contributed by atoms with van der Waals surface area (Å²) in [5.74, 6) is -3.75. The molecule has 4 aliphatic rings. The SMILES string of the molecule is CC(C)C[C@H](CO)N1C(=O)[C@@H]2[C@H]3C(=O)O[C@@H](c4ccccc4)CNC(=O)CC/C=C\CN(Cn4nnc5ccccc54)C(=O)[C@@H]1[C@]21C=C[C@H]3O1. The van der Waals surface area contributed by atoms with Crippen LogP contribution in [0.1, 0.15) is 44.8 Å². The van der Waals surface area contributed by atoms with Crippen molar-refractivity contribution >= 4 is 34.7 Å². The Kier molecular flexibility index (Phi) is 9.27. The van der Waals surface area contributed by atoms with E-state index in [1.165, 1.54) is 4.90 Å². The Morgan fingerprint density at radius 1 is 1.02 bits per heavy atom. The average Bonchev–Trinajstić information content (AvgIpc) is 3.87. The standard InChI is InChI=1S/C37H42N6O7/c1-23(2)19-25(21-44)43-33-35(47)41(22-42-27-14-9-8-13-26(27)39-40-42)18-10-4-7-15-30(45)38-20-29(24-11-5-3-6-12-24)49-36(48)31-28-16-17-37(33,50-28)32(31)34(43)46/h3-6,8-14,16-17,23,25,28-29,31-33,44H,7,15,18-22H2,1-2H3,(H,38,45)/b10-4-/t25-,28-,29-,31+,32+,33-,37+/m1/s1. The zero-order valence-electron chi connectivity index (χ0n) is 28.1. The molecule has 5 heterocycles. The molecule has 2 saturated heterocycles. The number of fused-ring (bicyclic) bond motifs is 3. The van der Waals surface area contributed by atoms with Gasteiger partial charge in [0.2, 0.25) is 11.8 Å². The summed E-state index contributed by atoms with van der Waals surface area (Å²) in [5.41, 5.74) is 0.608. The summed E-state index contributed by atoms with van der Waals surface area (Å²) in [6.07, 6.45) is 6.56. The number of carbonyl (C=O) groups excluding carboxylic acids is 4. The second kappa shape index (κ2) is 13.8. The third-order valence-electron chi connectivity index (χ3n) is 10.1. The van der Waals surface area contributed by atoms with Gasteiger partial charge in [0, 0.05) is 13.0 Å². The molecule has 2 fully saturated rings. The van der Waals surface area contributed by atoms with Gasteiger partial charge in [-0.1, -0.05) is 85.8 Å². The van der Waals surface area contributed by atoms with E-state index in [4.69, 9.17) is 9.47 Å². The van der Waals surface area contributed by atoms with E-state index in [0.717, 1.165) is 5.52 Å². The van der Waals surface area contributed by atoms with E-state index < -0.39 is 59.5 Å². The zero-order chi connectivity index (χ0) is 35.0. The van der Waals surface area contributed by atoms with Crippen LogP contribution in [0.4, 0.5) is 0 Å². The van der Waals surface area contributed by atoms with Gasteiger partial charge in [-0.25, -0.2) is 4.68 Å². The van der Waals surface area contributed by atoms with E-state index in [0.29, 0.717) is 23.9 Å². The van der Waals surface area contributed by atoms with Crippen molar-refractivity contribution < 1.29 is 33.8 Å². The van der Waals surface area contributed by atoms with Crippen LogP contribution < -0.4 is 5.32 Å². The van der Waals surface area contributed by atoms with E-state index in [9.17, 15) is 19.5 Å². The zero-order valence-corrected chi connectivity index (χ0v) is 28.1. The lowest BCUT2D eigenvalue weighted by Crippen LogP contribution is -2.58. The first-order valence-corrected chi connectivity index (χ1v) is 17.3. The molecule has 7 rings (SSSR count). The van der Waals surface area contributed by atoms with Gasteiger partial charge >= 0.3 is 5.97 Å². The quantitative estimate of drug-likeness (QED) is 0.283.